The van der Waals surface area contributed by atoms with Crippen LogP contribution in [-0.4, -0.2) is 58.9 Å². The van der Waals surface area contributed by atoms with E-state index in [1.807, 2.05) is 57.3 Å². The normalized spacial score (nSPS) is 12.3. The first-order valence-electron chi connectivity index (χ1n) is 11.5. The number of carbonyl (C=O) groups excluding carboxylic acids is 2. The van der Waals surface area contributed by atoms with Crippen LogP contribution in [0.25, 0.3) is 5.57 Å². The maximum Gasteiger partial charge on any atom is 0.285 e. The number of nitrogens with two attached hydrogens (primary N) is 1. The van der Waals surface area contributed by atoms with Gasteiger partial charge in [0.25, 0.3) is 11.8 Å². The summed E-state index contributed by atoms with van der Waals surface area (Å²) in [6.45, 7) is 5.54. The topological polar surface area (TPSA) is 131 Å². The Morgan fingerprint density at radius 1 is 1.14 bits per heavy atom. The average Bonchev–Trinajstić information content (AvgIpc) is 2.87. The summed E-state index contributed by atoms with van der Waals surface area (Å²) in [6.07, 6.45) is 3.13. The Kier molecular flexibility index (Phi) is 10.8. The smallest absolute Gasteiger partial charge is 0.285 e. The van der Waals surface area contributed by atoms with Crippen molar-refractivity contribution in [3.8, 4) is 5.75 Å². The van der Waals surface area contributed by atoms with Crippen molar-refractivity contribution in [2.45, 2.75) is 19.9 Å². The number of ether oxygens (including phenoxy) is 1. The summed E-state index contributed by atoms with van der Waals surface area (Å²) in [6, 6.07) is 11.1. The molecular weight excluding hydrogens is 444 g/mol. The molecule has 0 aliphatic heterocycles. The van der Waals surface area contributed by atoms with Crippen molar-refractivity contribution in [3.05, 3.63) is 64.9 Å². The van der Waals surface area contributed by atoms with Crippen LogP contribution in [0.4, 0.5) is 5.69 Å². The van der Waals surface area contributed by atoms with E-state index >= 15 is 0 Å². The van der Waals surface area contributed by atoms with Crippen LogP contribution in [0.2, 0.25) is 0 Å². The second kappa shape index (κ2) is 13.8. The lowest BCUT2D eigenvalue weighted by Crippen LogP contribution is -2.72. The molecule has 7 N–H and O–H groups in total. The van der Waals surface area contributed by atoms with Crippen LogP contribution < -0.4 is 36.7 Å². The molecule has 0 bridgehead atoms. The van der Waals surface area contributed by atoms with Gasteiger partial charge in [-0.1, -0.05) is 6.07 Å². The molecule has 0 aliphatic rings. The minimum atomic E-state index is -0.297. The van der Waals surface area contributed by atoms with E-state index in [0.717, 1.165) is 35.5 Å². The predicted molar refractivity (Wildman–Crippen MR) is 141 cm³/mol. The molecule has 0 saturated carbocycles. The summed E-state index contributed by atoms with van der Waals surface area (Å²) in [5.41, 5.74) is 10.6. The standard InChI is InChI=1S/C26H36N6O3/c1-17-6-7-22(31-9-8-28-3)13-24(17)26(34)32-18(2)19-10-20(12-23(11-19)35-5)21(14-27)15-30-16-25(33)29-4/h6-7,10-15,18,28,31H,8-9,16,27H2,1-5H3,(H,29,33)(H,32,34)/p+1/b21-14+,30-15?. The zero-order valence-corrected chi connectivity index (χ0v) is 21.1. The van der Waals surface area contributed by atoms with Gasteiger partial charge in [-0.25, -0.2) is 4.99 Å². The zero-order chi connectivity index (χ0) is 25.8. The second-order valence-corrected chi connectivity index (χ2v) is 8.07. The third-order valence-electron chi connectivity index (χ3n) is 5.51. The van der Waals surface area contributed by atoms with Crippen LogP contribution >= 0.6 is 0 Å². The van der Waals surface area contributed by atoms with Crippen LogP contribution in [-0.2, 0) is 4.79 Å². The predicted octanol–water partition coefficient (Wildman–Crippen LogP) is 0.323. The summed E-state index contributed by atoms with van der Waals surface area (Å²) in [4.78, 5) is 27.6. The Morgan fingerprint density at radius 3 is 2.57 bits per heavy atom. The largest absolute Gasteiger partial charge is 0.497 e. The van der Waals surface area contributed by atoms with E-state index in [1.54, 1.807) is 20.4 Å². The number of likely N-dealkylation sites (N-methyl/N-ethyl adjacent to an activating group) is 2. The van der Waals surface area contributed by atoms with E-state index in [-0.39, 0.29) is 24.4 Å². The maximum atomic E-state index is 13.1. The molecule has 2 aromatic rings. The number of aryl methyl sites for hydroxylation is 1. The molecule has 35 heavy (non-hydrogen) atoms. The third-order valence-corrected chi connectivity index (χ3v) is 5.51. The Bertz CT molecular complexity index is 1080. The fraction of sp³-hybridized carbons (Fsp3) is 0.346. The first-order chi connectivity index (χ1) is 16.8. The summed E-state index contributed by atoms with van der Waals surface area (Å²) in [7, 11) is 5.06. The Balaban J connectivity index is 2.24. The van der Waals surface area contributed by atoms with E-state index in [2.05, 4.69) is 26.3 Å². The molecule has 2 aromatic carbocycles. The van der Waals surface area contributed by atoms with Gasteiger partial charge < -0.3 is 31.7 Å². The number of benzene rings is 2. The number of nitrogens with one attached hydrogen (secondary N) is 5. The van der Waals surface area contributed by atoms with Crippen LogP contribution in [0.3, 0.4) is 0 Å². The number of amides is 2. The number of carbonyl (C=O) groups is 2. The molecule has 1 unspecified atom stereocenters. The first-order valence-corrected chi connectivity index (χ1v) is 11.5. The van der Waals surface area contributed by atoms with Gasteiger partial charge >= 0.3 is 0 Å². The van der Waals surface area contributed by atoms with Crippen LogP contribution in [0.1, 0.15) is 40.0 Å². The number of anilines is 1. The summed E-state index contributed by atoms with van der Waals surface area (Å²) in [5.74, 6) is 0.325. The Labute approximate surface area is 207 Å². The fourth-order valence-electron chi connectivity index (χ4n) is 3.39. The quantitative estimate of drug-likeness (QED) is 0.191. The SMILES string of the molecule is CNCCNc1ccc(C)c(C(=O)NC(C)c2cc(OC)cc(/C(C=[NH+]CC(=O)NC)=C/N)c2)c1. The molecule has 1 atom stereocenters. The number of allylic oxidation sites excluding steroid dienone is 1. The van der Waals surface area contributed by atoms with Gasteiger partial charge in [-0.15, -0.1) is 0 Å². The molecule has 188 valence electrons. The number of rotatable bonds is 12. The monoisotopic (exact) mass is 481 g/mol. The van der Waals surface area contributed by atoms with Crippen molar-refractivity contribution in [2.24, 2.45) is 5.73 Å². The fourth-order valence-corrected chi connectivity index (χ4v) is 3.39. The molecule has 9 heteroatoms. The first kappa shape index (κ1) is 27.4. The van der Waals surface area contributed by atoms with Gasteiger partial charge in [0.2, 0.25) is 6.54 Å². The minimum Gasteiger partial charge on any atom is -0.497 e. The lowest BCUT2D eigenvalue weighted by Gasteiger charge is -2.18. The van der Waals surface area contributed by atoms with Crippen molar-refractivity contribution in [1.29, 1.82) is 0 Å². The average molecular weight is 482 g/mol. The van der Waals surface area contributed by atoms with Gasteiger partial charge in [-0.2, -0.15) is 0 Å². The summed E-state index contributed by atoms with van der Waals surface area (Å²) >= 11 is 0. The van der Waals surface area contributed by atoms with Gasteiger partial charge in [-0.3, -0.25) is 9.59 Å². The van der Waals surface area contributed by atoms with Crippen molar-refractivity contribution in [1.82, 2.24) is 16.0 Å². The Hall–Kier alpha value is -3.85. The minimum absolute atomic E-state index is 0.124. The molecule has 0 heterocycles. The van der Waals surface area contributed by atoms with E-state index in [4.69, 9.17) is 10.5 Å². The number of methoxy groups -OCH3 is 1. The molecule has 2 amide bonds. The van der Waals surface area contributed by atoms with E-state index in [9.17, 15) is 9.59 Å². The lowest BCUT2D eigenvalue weighted by atomic mass is 9.99. The van der Waals surface area contributed by atoms with Crippen LogP contribution in [0, 0.1) is 6.92 Å². The molecule has 0 fully saturated rings. The number of hydrogen-bond donors (Lipinski definition) is 6. The van der Waals surface area contributed by atoms with Crippen LogP contribution in [0.5, 0.6) is 5.75 Å². The molecule has 0 saturated heterocycles. The van der Waals surface area contributed by atoms with Crippen LogP contribution in [0.15, 0.2) is 42.6 Å². The van der Waals surface area contributed by atoms with E-state index in [0.29, 0.717) is 16.9 Å². The molecule has 0 aromatic heterocycles. The number of hydrogen-bond acceptors (Lipinski definition) is 6. The molecule has 9 nitrogen and oxygen atoms in total. The molecule has 2 rings (SSSR count). The van der Waals surface area contributed by atoms with Gasteiger partial charge in [0, 0.05) is 37.6 Å². The highest BCUT2D eigenvalue weighted by Crippen LogP contribution is 2.26. The van der Waals surface area contributed by atoms with E-state index < -0.39 is 0 Å². The van der Waals surface area contributed by atoms with Crippen molar-refractivity contribution < 1.29 is 19.3 Å². The molecular formula is C26H37N6O3+. The van der Waals surface area contributed by atoms with Gasteiger partial charge in [0.1, 0.15) is 5.75 Å². The highest BCUT2D eigenvalue weighted by Gasteiger charge is 2.17. The highest BCUT2D eigenvalue weighted by molar-refractivity contribution is 6.07. The molecule has 0 radical (unpaired) electrons. The lowest BCUT2D eigenvalue weighted by molar-refractivity contribution is -0.437. The van der Waals surface area contributed by atoms with Crippen molar-refractivity contribution in [2.75, 3.05) is 46.2 Å². The van der Waals surface area contributed by atoms with Gasteiger partial charge in [-0.05, 0) is 67.9 Å². The second-order valence-electron chi connectivity index (χ2n) is 8.07. The van der Waals surface area contributed by atoms with Crippen molar-refractivity contribution >= 4 is 29.3 Å². The van der Waals surface area contributed by atoms with Gasteiger partial charge in [0.05, 0.1) is 18.7 Å². The zero-order valence-electron chi connectivity index (χ0n) is 21.1. The molecule has 0 aliphatic carbocycles. The van der Waals surface area contributed by atoms with Gasteiger partial charge in [0.15, 0.2) is 6.21 Å². The summed E-state index contributed by atoms with van der Waals surface area (Å²) in [5, 5.41) is 12.0. The van der Waals surface area contributed by atoms with E-state index in [1.165, 1.54) is 6.20 Å². The molecule has 0 spiro atoms. The van der Waals surface area contributed by atoms with Crippen molar-refractivity contribution in [3.63, 3.8) is 0 Å². The third kappa shape index (κ3) is 8.15. The maximum absolute atomic E-state index is 13.1. The summed E-state index contributed by atoms with van der Waals surface area (Å²) < 4.78 is 5.48. The highest BCUT2D eigenvalue weighted by atomic mass is 16.5. The Morgan fingerprint density at radius 2 is 1.91 bits per heavy atom.